The summed E-state index contributed by atoms with van der Waals surface area (Å²) in [5, 5.41) is 1.95. The Hall–Kier alpha value is -1.24. The van der Waals surface area contributed by atoms with Gasteiger partial charge < -0.3 is 14.8 Å². The third kappa shape index (κ3) is 7.37. The van der Waals surface area contributed by atoms with Crippen LogP contribution in [0.4, 0.5) is 4.79 Å². The van der Waals surface area contributed by atoms with Gasteiger partial charge in [0, 0.05) is 12.2 Å². The lowest BCUT2D eigenvalue weighted by atomic mass is 10.1. The molecule has 0 aromatic rings. The van der Waals surface area contributed by atoms with Crippen molar-refractivity contribution in [3.63, 3.8) is 0 Å². The van der Waals surface area contributed by atoms with Crippen molar-refractivity contribution < 1.29 is 23.9 Å². The summed E-state index contributed by atoms with van der Waals surface area (Å²) in [4.78, 5) is 34.7. The predicted molar refractivity (Wildman–Crippen MR) is 77.5 cm³/mol. The van der Waals surface area contributed by atoms with Crippen LogP contribution >= 0.6 is 11.8 Å². The molecule has 0 saturated heterocycles. The van der Waals surface area contributed by atoms with Gasteiger partial charge >= 0.3 is 12.1 Å². The minimum Gasteiger partial charge on any atom is -0.467 e. The van der Waals surface area contributed by atoms with E-state index in [1.807, 2.05) is 6.92 Å². The molecular formula is C13H23NO5S. The molecule has 1 N–H and O–H groups in total. The molecule has 1 amide bonds. The zero-order valence-electron chi connectivity index (χ0n) is 12.8. The fourth-order valence-electron chi connectivity index (χ4n) is 1.47. The van der Waals surface area contributed by atoms with Gasteiger partial charge in [0.25, 0.3) is 0 Å². The van der Waals surface area contributed by atoms with Crippen molar-refractivity contribution in [2.24, 2.45) is 0 Å². The lowest BCUT2D eigenvalue weighted by molar-refractivity contribution is -0.143. The number of esters is 1. The number of ether oxygens (including phenoxy) is 2. The molecule has 0 aromatic carbocycles. The second-order valence-corrected chi connectivity index (χ2v) is 6.62. The molecule has 7 heteroatoms. The van der Waals surface area contributed by atoms with Crippen molar-refractivity contribution in [3.8, 4) is 0 Å². The van der Waals surface area contributed by atoms with Gasteiger partial charge in [0.1, 0.15) is 11.6 Å². The summed E-state index contributed by atoms with van der Waals surface area (Å²) in [6, 6.07) is -0.922. The van der Waals surface area contributed by atoms with E-state index in [9.17, 15) is 14.4 Å². The number of rotatable bonds is 5. The Kier molecular flexibility index (Phi) is 7.63. The van der Waals surface area contributed by atoms with Crippen LogP contribution in [0, 0.1) is 0 Å². The summed E-state index contributed by atoms with van der Waals surface area (Å²) in [5.41, 5.74) is -0.666. The number of nitrogens with one attached hydrogen (secondary N) is 1. The van der Waals surface area contributed by atoms with Gasteiger partial charge in [-0.25, -0.2) is 9.59 Å². The van der Waals surface area contributed by atoms with Gasteiger partial charge in [0.2, 0.25) is 0 Å². The fourth-order valence-corrected chi connectivity index (χ4v) is 2.37. The monoisotopic (exact) mass is 305 g/mol. The van der Waals surface area contributed by atoms with Crippen LogP contribution in [-0.4, -0.2) is 41.2 Å². The maximum atomic E-state index is 11.8. The van der Waals surface area contributed by atoms with E-state index in [0.717, 1.165) is 11.8 Å². The molecule has 20 heavy (non-hydrogen) atoms. The molecular weight excluding hydrogens is 282 g/mol. The zero-order valence-corrected chi connectivity index (χ0v) is 13.6. The van der Waals surface area contributed by atoms with E-state index in [2.05, 4.69) is 10.1 Å². The topological polar surface area (TPSA) is 81.7 Å². The predicted octanol–water partition coefficient (Wildman–Crippen LogP) is 2.11. The minimum absolute atomic E-state index is 0.128. The highest BCUT2D eigenvalue weighted by molar-refractivity contribution is 8.14. The van der Waals surface area contributed by atoms with Crippen molar-refractivity contribution >= 4 is 28.9 Å². The van der Waals surface area contributed by atoms with Crippen molar-refractivity contribution in [2.45, 2.75) is 57.9 Å². The van der Waals surface area contributed by atoms with Crippen LogP contribution < -0.4 is 5.32 Å². The summed E-state index contributed by atoms with van der Waals surface area (Å²) in [6.07, 6.45) is -0.185. The Balaban J connectivity index is 4.92. The molecule has 0 aliphatic rings. The lowest BCUT2D eigenvalue weighted by Crippen LogP contribution is -2.49. The van der Waals surface area contributed by atoms with Gasteiger partial charge in [-0.15, -0.1) is 0 Å². The number of thioether (sulfide) groups is 1. The lowest BCUT2D eigenvalue weighted by Gasteiger charge is -2.26. The highest BCUT2D eigenvalue weighted by atomic mass is 32.2. The first-order valence-electron chi connectivity index (χ1n) is 6.35. The average molecular weight is 305 g/mol. The van der Waals surface area contributed by atoms with Crippen LogP contribution in [0.25, 0.3) is 0 Å². The molecule has 0 aromatic heterocycles. The van der Waals surface area contributed by atoms with E-state index in [1.165, 1.54) is 14.0 Å². The number of hydrogen-bond acceptors (Lipinski definition) is 6. The molecule has 0 bridgehead atoms. The molecule has 0 fully saturated rings. The Morgan fingerprint density at radius 3 is 2.15 bits per heavy atom. The highest BCUT2D eigenvalue weighted by Gasteiger charge is 2.32. The zero-order chi connectivity index (χ0) is 15.9. The van der Waals surface area contributed by atoms with E-state index in [-0.39, 0.29) is 5.12 Å². The van der Waals surface area contributed by atoms with E-state index in [0.29, 0.717) is 6.42 Å². The summed E-state index contributed by atoms with van der Waals surface area (Å²) in [5.74, 6) is -0.601. The number of alkyl carbamates (subject to hydrolysis) is 1. The molecule has 0 saturated carbocycles. The SMILES string of the molecule is CC[C@H](SC(C)=O)[C@H](NC(=O)OC(C)(C)C)C(=O)OC. The van der Waals surface area contributed by atoms with E-state index < -0.39 is 29.0 Å². The molecule has 0 rings (SSSR count). The smallest absolute Gasteiger partial charge is 0.408 e. The quantitative estimate of drug-likeness (QED) is 0.783. The van der Waals surface area contributed by atoms with Gasteiger partial charge in [-0.3, -0.25) is 4.79 Å². The first-order chi connectivity index (χ1) is 9.10. The van der Waals surface area contributed by atoms with Crippen molar-refractivity contribution in [3.05, 3.63) is 0 Å². The Labute approximate surface area is 124 Å². The van der Waals surface area contributed by atoms with Gasteiger partial charge in [0.15, 0.2) is 5.12 Å². The number of methoxy groups -OCH3 is 1. The van der Waals surface area contributed by atoms with E-state index in [4.69, 9.17) is 4.74 Å². The van der Waals surface area contributed by atoms with Gasteiger partial charge in [-0.1, -0.05) is 18.7 Å². The summed E-state index contributed by atoms with van der Waals surface area (Å²) < 4.78 is 9.78. The van der Waals surface area contributed by atoms with Crippen molar-refractivity contribution in [1.29, 1.82) is 0 Å². The van der Waals surface area contributed by atoms with Crippen LogP contribution in [0.3, 0.4) is 0 Å². The molecule has 116 valence electrons. The number of hydrogen-bond donors (Lipinski definition) is 1. The maximum Gasteiger partial charge on any atom is 0.408 e. The molecule has 0 aliphatic heterocycles. The van der Waals surface area contributed by atoms with E-state index >= 15 is 0 Å². The van der Waals surface area contributed by atoms with Crippen LogP contribution in [0.2, 0.25) is 0 Å². The Bertz CT molecular complexity index is 364. The number of amides is 1. The highest BCUT2D eigenvalue weighted by Crippen LogP contribution is 2.20. The molecule has 0 unspecified atom stereocenters. The second-order valence-electron chi connectivity index (χ2n) is 5.20. The standard InChI is InChI=1S/C13H23NO5S/c1-7-9(20-8(2)15)10(11(16)18-6)14-12(17)19-13(3,4)5/h9-10H,7H2,1-6H3,(H,14,17)/t9-,10-/m0/s1. The fraction of sp³-hybridized carbons (Fsp3) is 0.769. The van der Waals surface area contributed by atoms with Crippen LogP contribution in [0.15, 0.2) is 0 Å². The van der Waals surface area contributed by atoms with Crippen molar-refractivity contribution in [1.82, 2.24) is 5.32 Å². The number of carbonyl (C=O) groups is 3. The molecule has 2 atom stereocenters. The van der Waals surface area contributed by atoms with Gasteiger partial charge in [0.05, 0.1) is 7.11 Å². The minimum atomic E-state index is -0.922. The average Bonchev–Trinajstić information content (AvgIpc) is 2.29. The van der Waals surface area contributed by atoms with Crippen LogP contribution in [-0.2, 0) is 19.1 Å². The first-order valence-corrected chi connectivity index (χ1v) is 7.23. The van der Waals surface area contributed by atoms with Gasteiger partial charge in [-0.2, -0.15) is 0 Å². The Morgan fingerprint density at radius 2 is 1.80 bits per heavy atom. The molecule has 0 radical (unpaired) electrons. The normalized spacial score (nSPS) is 14.1. The largest absolute Gasteiger partial charge is 0.467 e. The molecule has 6 nitrogen and oxygen atoms in total. The summed E-state index contributed by atoms with van der Waals surface area (Å²) in [6.45, 7) is 8.41. The summed E-state index contributed by atoms with van der Waals surface area (Å²) >= 11 is 1.00. The molecule has 0 aliphatic carbocycles. The third-order valence-corrected chi connectivity index (χ3v) is 3.46. The van der Waals surface area contributed by atoms with Crippen molar-refractivity contribution in [2.75, 3.05) is 7.11 Å². The van der Waals surface area contributed by atoms with E-state index in [1.54, 1.807) is 20.8 Å². The number of carbonyl (C=O) groups excluding carboxylic acids is 3. The molecule has 0 spiro atoms. The van der Waals surface area contributed by atoms with Crippen LogP contribution in [0.5, 0.6) is 0 Å². The van der Waals surface area contributed by atoms with Gasteiger partial charge in [-0.05, 0) is 27.2 Å². The summed E-state index contributed by atoms with van der Waals surface area (Å²) in [7, 11) is 1.23. The second kappa shape index (κ2) is 8.14. The molecule has 0 heterocycles. The maximum absolute atomic E-state index is 11.8. The Morgan fingerprint density at radius 1 is 1.25 bits per heavy atom. The first kappa shape index (κ1) is 18.8. The van der Waals surface area contributed by atoms with Crippen LogP contribution in [0.1, 0.15) is 41.0 Å². The third-order valence-electron chi connectivity index (χ3n) is 2.22.